The van der Waals surface area contributed by atoms with E-state index in [4.69, 9.17) is 0 Å². The molecule has 1 aromatic heterocycles. The van der Waals surface area contributed by atoms with Crippen LogP contribution in [0.3, 0.4) is 0 Å². The van der Waals surface area contributed by atoms with Crippen LogP contribution in [0.1, 0.15) is 29.0 Å². The first-order valence-corrected chi connectivity index (χ1v) is 6.71. The summed E-state index contributed by atoms with van der Waals surface area (Å²) in [7, 11) is 0. The second-order valence-corrected chi connectivity index (χ2v) is 4.82. The molecule has 1 N–H and O–H groups in total. The van der Waals surface area contributed by atoms with Gasteiger partial charge >= 0.3 is 0 Å². The molecule has 2 aromatic rings. The van der Waals surface area contributed by atoms with Crippen molar-refractivity contribution in [3.63, 3.8) is 0 Å². The number of carbonyl (C=O) groups excluding carboxylic acids is 1. The van der Waals surface area contributed by atoms with Gasteiger partial charge in [0, 0.05) is 18.5 Å². The Morgan fingerprint density at radius 1 is 1.20 bits per heavy atom. The summed E-state index contributed by atoms with van der Waals surface area (Å²) in [6.07, 6.45) is 4.31. The Morgan fingerprint density at radius 3 is 2.80 bits per heavy atom. The second kappa shape index (κ2) is 5.28. The highest BCUT2D eigenvalue weighted by Gasteiger charge is 2.15. The van der Waals surface area contributed by atoms with Crippen molar-refractivity contribution in [2.45, 2.75) is 25.8 Å². The number of aromatic nitrogens is 2. The Bertz CT molecular complexity index is 692. The Morgan fingerprint density at radius 2 is 2.00 bits per heavy atom. The van der Waals surface area contributed by atoms with E-state index in [1.54, 1.807) is 28.8 Å². The SMILES string of the molecule is O=C(Nc1cnc2n(c1=O)CCCC2)c1ccccc1. The van der Waals surface area contributed by atoms with E-state index in [9.17, 15) is 9.59 Å². The molecule has 0 spiro atoms. The number of aryl methyl sites for hydroxylation is 1. The molecule has 0 bridgehead atoms. The second-order valence-electron chi connectivity index (χ2n) is 4.82. The molecule has 1 aliphatic heterocycles. The fraction of sp³-hybridized carbons (Fsp3) is 0.267. The first-order valence-electron chi connectivity index (χ1n) is 6.71. The number of fused-ring (bicyclic) bond motifs is 1. The van der Waals surface area contributed by atoms with Crippen molar-refractivity contribution >= 4 is 11.6 Å². The number of hydrogen-bond donors (Lipinski definition) is 1. The van der Waals surface area contributed by atoms with Gasteiger partial charge in [0.25, 0.3) is 11.5 Å². The molecule has 2 heterocycles. The standard InChI is InChI=1S/C15H15N3O2/c19-14(11-6-2-1-3-7-11)17-12-10-16-13-8-4-5-9-18(13)15(12)20/h1-3,6-7,10H,4-5,8-9H2,(H,17,19). The highest BCUT2D eigenvalue weighted by atomic mass is 16.2. The van der Waals surface area contributed by atoms with Crippen LogP contribution in [0.5, 0.6) is 0 Å². The number of carbonyl (C=O) groups is 1. The third-order valence-corrected chi connectivity index (χ3v) is 3.45. The number of rotatable bonds is 2. The summed E-state index contributed by atoms with van der Waals surface area (Å²) in [4.78, 5) is 28.6. The highest BCUT2D eigenvalue weighted by molar-refractivity contribution is 6.04. The molecule has 0 unspecified atom stereocenters. The Labute approximate surface area is 116 Å². The average molecular weight is 269 g/mol. The minimum absolute atomic E-state index is 0.168. The van der Waals surface area contributed by atoms with Crippen LogP contribution in [0.4, 0.5) is 5.69 Å². The number of amides is 1. The molecule has 5 nitrogen and oxygen atoms in total. The van der Waals surface area contributed by atoms with Crippen molar-refractivity contribution in [3.8, 4) is 0 Å². The summed E-state index contributed by atoms with van der Waals surface area (Å²) in [5.74, 6) is 0.514. The van der Waals surface area contributed by atoms with Crippen LogP contribution in [0.2, 0.25) is 0 Å². The molecule has 3 rings (SSSR count). The lowest BCUT2D eigenvalue weighted by Gasteiger charge is -2.17. The molecule has 1 aromatic carbocycles. The molecule has 0 atom stereocenters. The molecule has 0 radical (unpaired) electrons. The zero-order valence-electron chi connectivity index (χ0n) is 11.0. The van der Waals surface area contributed by atoms with Crippen molar-refractivity contribution in [1.29, 1.82) is 0 Å². The van der Waals surface area contributed by atoms with Gasteiger partial charge in [0.05, 0.1) is 6.20 Å². The van der Waals surface area contributed by atoms with Crippen LogP contribution in [0.15, 0.2) is 41.3 Å². The smallest absolute Gasteiger partial charge is 0.277 e. The van der Waals surface area contributed by atoms with Crippen LogP contribution in [0.25, 0.3) is 0 Å². The molecular formula is C15H15N3O2. The summed E-state index contributed by atoms with van der Waals surface area (Å²) >= 11 is 0. The van der Waals surface area contributed by atoms with Crippen LogP contribution < -0.4 is 10.9 Å². The quantitative estimate of drug-likeness (QED) is 0.904. The van der Waals surface area contributed by atoms with Gasteiger partial charge in [-0.15, -0.1) is 0 Å². The first kappa shape index (κ1) is 12.6. The molecule has 0 fully saturated rings. The van der Waals surface area contributed by atoms with E-state index < -0.39 is 0 Å². The first-order chi connectivity index (χ1) is 9.75. The number of benzene rings is 1. The number of nitrogens with zero attached hydrogens (tertiary/aromatic N) is 2. The number of nitrogens with one attached hydrogen (secondary N) is 1. The van der Waals surface area contributed by atoms with Crippen molar-refractivity contribution < 1.29 is 4.79 Å². The highest BCUT2D eigenvalue weighted by Crippen LogP contribution is 2.12. The van der Waals surface area contributed by atoms with E-state index in [1.807, 2.05) is 6.07 Å². The van der Waals surface area contributed by atoms with E-state index in [0.717, 1.165) is 25.1 Å². The van der Waals surface area contributed by atoms with E-state index in [1.165, 1.54) is 6.20 Å². The maximum atomic E-state index is 12.3. The van der Waals surface area contributed by atoms with Crippen LogP contribution in [0, 0.1) is 0 Å². The lowest BCUT2D eigenvalue weighted by atomic mass is 10.1. The van der Waals surface area contributed by atoms with Gasteiger partial charge in [-0.3, -0.25) is 14.2 Å². The lowest BCUT2D eigenvalue weighted by Crippen LogP contribution is -2.31. The molecule has 0 aliphatic carbocycles. The molecule has 1 amide bonds. The van der Waals surface area contributed by atoms with E-state index >= 15 is 0 Å². The van der Waals surface area contributed by atoms with Crippen LogP contribution in [-0.4, -0.2) is 15.5 Å². The predicted molar refractivity (Wildman–Crippen MR) is 75.8 cm³/mol. The Balaban J connectivity index is 1.89. The lowest BCUT2D eigenvalue weighted by molar-refractivity contribution is 0.102. The van der Waals surface area contributed by atoms with E-state index in [2.05, 4.69) is 10.3 Å². The molecule has 0 saturated carbocycles. The Kier molecular flexibility index (Phi) is 3.33. The zero-order chi connectivity index (χ0) is 13.9. The fourth-order valence-corrected chi connectivity index (χ4v) is 2.38. The minimum Gasteiger partial charge on any atom is -0.316 e. The van der Waals surface area contributed by atoms with Gasteiger partial charge in [0.2, 0.25) is 0 Å². The maximum Gasteiger partial charge on any atom is 0.277 e. The molecule has 20 heavy (non-hydrogen) atoms. The normalized spacial score (nSPS) is 13.6. The number of hydrogen-bond acceptors (Lipinski definition) is 3. The monoisotopic (exact) mass is 269 g/mol. The minimum atomic E-state index is -0.291. The van der Waals surface area contributed by atoms with Crippen molar-refractivity contribution in [2.24, 2.45) is 0 Å². The van der Waals surface area contributed by atoms with E-state index in [0.29, 0.717) is 12.1 Å². The fourth-order valence-electron chi connectivity index (χ4n) is 2.38. The van der Waals surface area contributed by atoms with Gasteiger partial charge in [0.1, 0.15) is 11.5 Å². The van der Waals surface area contributed by atoms with Crippen LogP contribution >= 0.6 is 0 Å². The predicted octanol–water partition coefficient (Wildman–Crippen LogP) is 1.83. The Hall–Kier alpha value is -2.43. The molecular weight excluding hydrogens is 254 g/mol. The van der Waals surface area contributed by atoms with Gasteiger partial charge in [-0.2, -0.15) is 0 Å². The summed E-state index contributed by atoms with van der Waals surface area (Å²) in [6.45, 7) is 0.677. The van der Waals surface area contributed by atoms with Gasteiger partial charge in [0.15, 0.2) is 0 Å². The molecule has 1 aliphatic rings. The zero-order valence-corrected chi connectivity index (χ0v) is 11.0. The molecule has 0 saturated heterocycles. The van der Waals surface area contributed by atoms with Crippen LogP contribution in [-0.2, 0) is 13.0 Å². The summed E-state index contributed by atoms with van der Waals surface area (Å²) < 4.78 is 1.66. The summed E-state index contributed by atoms with van der Waals surface area (Å²) in [6, 6.07) is 8.82. The molecule has 102 valence electrons. The van der Waals surface area contributed by atoms with Gasteiger partial charge in [-0.1, -0.05) is 18.2 Å². The largest absolute Gasteiger partial charge is 0.316 e. The van der Waals surface area contributed by atoms with E-state index in [-0.39, 0.29) is 17.2 Å². The summed E-state index contributed by atoms with van der Waals surface area (Å²) in [5.41, 5.74) is 0.595. The van der Waals surface area contributed by atoms with Crippen molar-refractivity contribution in [1.82, 2.24) is 9.55 Å². The van der Waals surface area contributed by atoms with Gasteiger partial charge in [-0.05, 0) is 25.0 Å². The third-order valence-electron chi connectivity index (χ3n) is 3.45. The van der Waals surface area contributed by atoms with Gasteiger partial charge in [-0.25, -0.2) is 4.98 Å². The van der Waals surface area contributed by atoms with Gasteiger partial charge < -0.3 is 5.32 Å². The average Bonchev–Trinajstić information content (AvgIpc) is 2.51. The maximum absolute atomic E-state index is 12.3. The molecule has 5 heteroatoms. The van der Waals surface area contributed by atoms with Crippen molar-refractivity contribution in [2.75, 3.05) is 5.32 Å². The van der Waals surface area contributed by atoms with Crippen molar-refractivity contribution in [3.05, 3.63) is 58.3 Å². The topological polar surface area (TPSA) is 64.0 Å². The number of anilines is 1. The summed E-state index contributed by atoms with van der Waals surface area (Å²) in [5, 5.41) is 2.64. The third kappa shape index (κ3) is 2.34.